The average molecular weight is 269 g/mol. The van der Waals surface area contributed by atoms with Crippen molar-refractivity contribution in [3.63, 3.8) is 0 Å². The Morgan fingerprint density at radius 3 is 2.65 bits per heavy atom. The average Bonchev–Trinajstić information content (AvgIpc) is 2.46. The lowest BCUT2D eigenvalue weighted by Gasteiger charge is -2.12. The molecule has 1 aromatic carbocycles. The zero-order valence-corrected chi connectivity index (χ0v) is 11.8. The molecule has 0 saturated heterocycles. The third-order valence-electron chi connectivity index (χ3n) is 2.92. The maximum absolute atomic E-state index is 12.3. The van der Waals surface area contributed by atoms with Crippen molar-refractivity contribution in [3.8, 4) is 0 Å². The second-order valence-electron chi connectivity index (χ2n) is 4.67. The van der Waals surface area contributed by atoms with Crippen molar-refractivity contribution in [1.29, 1.82) is 0 Å². The number of nitrogens with zero attached hydrogens (tertiary/aromatic N) is 1. The molecule has 0 aliphatic carbocycles. The summed E-state index contributed by atoms with van der Waals surface area (Å²) in [7, 11) is 0. The van der Waals surface area contributed by atoms with E-state index in [1.54, 1.807) is 24.5 Å². The summed E-state index contributed by atoms with van der Waals surface area (Å²) in [4.78, 5) is 16.3. The summed E-state index contributed by atoms with van der Waals surface area (Å²) in [6.45, 7) is 4.96. The minimum absolute atomic E-state index is 0.116. The van der Waals surface area contributed by atoms with E-state index in [1.165, 1.54) is 0 Å². The topological polar surface area (TPSA) is 54.0 Å². The van der Waals surface area contributed by atoms with Crippen LogP contribution in [0.1, 0.15) is 29.3 Å². The largest absolute Gasteiger partial charge is 0.384 e. The number of nitrogens with one attached hydrogen (secondary N) is 2. The number of aromatic nitrogens is 1. The first kappa shape index (κ1) is 14.1. The van der Waals surface area contributed by atoms with Crippen molar-refractivity contribution in [2.75, 3.05) is 17.2 Å². The highest BCUT2D eigenvalue weighted by atomic mass is 16.1. The van der Waals surface area contributed by atoms with Gasteiger partial charge in [0.25, 0.3) is 5.91 Å². The highest BCUT2D eigenvalue weighted by molar-refractivity contribution is 6.08. The van der Waals surface area contributed by atoms with Crippen LogP contribution in [-0.2, 0) is 0 Å². The van der Waals surface area contributed by atoms with Gasteiger partial charge in [-0.3, -0.25) is 9.78 Å². The summed E-state index contributed by atoms with van der Waals surface area (Å²) in [5.41, 5.74) is 3.40. The SMILES string of the molecule is CCCNc1cc(C)ccc1C(=O)Nc1ccncc1. The zero-order chi connectivity index (χ0) is 14.4. The molecule has 1 amide bonds. The summed E-state index contributed by atoms with van der Waals surface area (Å²) >= 11 is 0. The second kappa shape index (κ2) is 6.70. The predicted octanol–water partition coefficient (Wildman–Crippen LogP) is 3.46. The summed E-state index contributed by atoms with van der Waals surface area (Å²) in [6.07, 6.45) is 4.32. The van der Waals surface area contributed by atoms with Gasteiger partial charge in [0.15, 0.2) is 0 Å². The number of anilines is 2. The lowest BCUT2D eigenvalue weighted by atomic mass is 10.1. The molecular formula is C16H19N3O. The summed E-state index contributed by atoms with van der Waals surface area (Å²) < 4.78 is 0. The van der Waals surface area contributed by atoms with E-state index in [0.717, 1.165) is 29.9 Å². The molecule has 2 N–H and O–H groups in total. The van der Waals surface area contributed by atoms with E-state index in [-0.39, 0.29) is 5.91 Å². The van der Waals surface area contributed by atoms with Gasteiger partial charge >= 0.3 is 0 Å². The third kappa shape index (κ3) is 3.57. The maximum atomic E-state index is 12.3. The van der Waals surface area contributed by atoms with E-state index in [1.807, 2.05) is 25.1 Å². The van der Waals surface area contributed by atoms with Gasteiger partial charge in [0.1, 0.15) is 0 Å². The first-order valence-corrected chi connectivity index (χ1v) is 6.76. The predicted molar refractivity (Wildman–Crippen MR) is 82.1 cm³/mol. The van der Waals surface area contributed by atoms with Crippen molar-refractivity contribution >= 4 is 17.3 Å². The van der Waals surface area contributed by atoms with E-state index in [0.29, 0.717) is 5.56 Å². The van der Waals surface area contributed by atoms with Crippen LogP contribution in [0.4, 0.5) is 11.4 Å². The fraction of sp³-hybridized carbons (Fsp3) is 0.250. The first-order valence-electron chi connectivity index (χ1n) is 6.76. The molecule has 1 heterocycles. The molecule has 0 radical (unpaired) electrons. The molecule has 0 saturated carbocycles. The van der Waals surface area contributed by atoms with Crippen LogP contribution < -0.4 is 10.6 Å². The molecule has 0 spiro atoms. The molecule has 4 heteroatoms. The van der Waals surface area contributed by atoms with Crippen molar-refractivity contribution in [3.05, 3.63) is 53.9 Å². The minimum atomic E-state index is -0.116. The molecule has 0 aliphatic rings. The Balaban J connectivity index is 2.20. The van der Waals surface area contributed by atoms with Crippen LogP contribution in [0.5, 0.6) is 0 Å². The second-order valence-corrected chi connectivity index (χ2v) is 4.67. The number of hydrogen-bond donors (Lipinski definition) is 2. The van der Waals surface area contributed by atoms with Gasteiger partial charge in [0.05, 0.1) is 5.56 Å². The molecule has 0 aliphatic heterocycles. The van der Waals surface area contributed by atoms with Crippen LogP contribution in [0.15, 0.2) is 42.7 Å². The van der Waals surface area contributed by atoms with Crippen LogP contribution in [0.3, 0.4) is 0 Å². The van der Waals surface area contributed by atoms with Crippen LogP contribution in [0.25, 0.3) is 0 Å². The van der Waals surface area contributed by atoms with Crippen molar-refractivity contribution in [1.82, 2.24) is 4.98 Å². The first-order chi connectivity index (χ1) is 9.70. The highest BCUT2D eigenvalue weighted by Crippen LogP contribution is 2.19. The Hall–Kier alpha value is -2.36. The monoisotopic (exact) mass is 269 g/mol. The van der Waals surface area contributed by atoms with E-state index >= 15 is 0 Å². The fourth-order valence-electron chi connectivity index (χ4n) is 1.90. The number of carbonyl (C=O) groups excluding carboxylic acids is 1. The molecule has 2 rings (SSSR count). The van der Waals surface area contributed by atoms with Crippen molar-refractivity contribution in [2.24, 2.45) is 0 Å². The summed E-state index contributed by atoms with van der Waals surface area (Å²) in [5, 5.41) is 6.17. The summed E-state index contributed by atoms with van der Waals surface area (Å²) in [5.74, 6) is -0.116. The number of hydrogen-bond acceptors (Lipinski definition) is 3. The molecule has 0 unspecified atom stereocenters. The number of rotatable bonds is 5. The number of pyridine rings is 1. The molecule has 0 atom stereocenters. The van der Waals surface area contributed by atoms with Crippen LogP contribution in [-0.4, -0.2) is 17.4 Å². The van der Waals surface area contributed by atoms with Gasteiger partial charge < -0.3 is 10.6 Å². The van der Waals surface area contributed by atoms with E-state index < -0.39 is 0 Å². The van der Waals surface area contributed by atoms with E-state index in [9.17, 15) is 4.79 Å². The van der Waals surface area contributed by atoms with Crippen LogP contribution in [0, 0.1) is 6.92 Å². The maximum Gasteiger partial charge on any atom is 0.257 e. The fourth-order valence-corrected chi connectivity index (χ4v) is 1.90. The molecule has 2 aromatic rings. The molecular weight excluding hydrogens is 250 g/mol. The van der Waals surface area contributed by atoms with Crippen molar-refractivity contribution in [2.45, 2.75) is 20.3 Å². The number of carbonyl (C=O) groups is 1. The summed E-state index contributed by atoms with van der Waals surface area (Å²) in [6, 6.07) is 9.33. The third-order valence-corrected chi connectivity index (χ3v) is 2.92. The lowest BCUT2D eigenvalue weighted by molar-refractivity contribution is 0.102. The Morgan fingerprint density at radius 1 is 1.20 bits per heavy atom. The minimum Gasteiger partial charge on any atom is -0.384 e. The highest BCUT2D eigenvalue weighted by Gasteiger charge is 2.11. The number of amides is 1. The molecule has 0 fully saturated rings. The smallest absolute Gasteiger partial charge is 0.257 e. The number of benzene rings is 1. The molecule has 20 heavy (non-hydrogen) atoms. The molecule has 104 valence electrons. The van der Waals surface area contributed by atoms with Crippen LogP contribution >= 0.6 is 0 Å². The Kier molecular flexibility index (Phi) is 4.71. The van der Waals surface area contributed by atoms with Crippen molar-refractivity contribution < 1.29 is 4.79 Å². The van der Waals surface area contributed by atoms with E-state index in [4.69, 9.17) is 0 Å². The van der Waals surface area contributed by atoms with Gasteiger partial charge in [-0.15, -0.1) is 0 Å². The van der Waals surface area contributed by atoms with Gasteiger partial charge in [0.2, 0.25) is 0 Å². The molecule has 1 aromatic heterocycles. The Bertz CT molecular complexity index is 582. The number of aryl methyl sites for hydroxylation is 1. The van der Waals surface area contributed by atoms with Gasteiger partial charge in [-0.2, -0.15) is 0 Å². The molecule has 4 nitrogen and oxygen atoms in total. The van der Waals surface area contributed by atoms with Gasteiger partial charge in [-0.05, 0) is 43.2 Å². The molecule has 0 bridgehead atoms. The van der Waals surface area contributed by atoms with Gasteiger partial charge in [-0.25, -0.2) is 0 Å². The zero-order valence-electron chi connectivity index (χ0n) is 11.8. The van der Waals surface area contributed by atoms with Crippen LogP contribution in [0.2, 0.25) is 0 Å². The Labute approximate surface area is 119 Å². The standard InChI is InChI=1S/C16H19N3O/c1-3-8-18-15-11-12(2)4-5-14(15)16(20)19-13-6-9-17-10-7-13/h4-7,9-11,18H,3,8H2,1-2H3,(H,17,19,20). The van der Waals surface area contributed by atoms with Gasteiger partial charge in [-0.1, -0.05) is 13.0 Å². The van der Waals surface area contributed by atoms with Gasteiger partial charge in [0, 0.05) is 30.3 Å². The normalized spacial score (nSPS) is 10.1. The van der Waals surface area contributed by atoms with E-state index in [2.05, 4.69) is 22.5 Å². The lowest BCUT2D eigenvalue weighted by Crippen LogP contribution is -2.15. The Morgan fingerprint density at radius 2 is 1.95 bits per heavy atom. The quantitative estimate of drug-likeness (QED) is 0.874.